The SMILES string of the molecule is COC(C)(C)C(NN)c1ccc(C2CCC2)cc1. The van der Waals surface area contributed by atoms with E-state index in [1.165, 1.54) is 30.4 Å². The Hall–Kier alpha value is -0.900. The van der Waals surface area contributed by atoms with Crippen molar-refractivity contribution in [3.05, 3.63) is 35.4 Å². The van der Waals surface area contributed by atoms with E-state index in [2.05, 4.69) is 29.7 Å². The molecular formula is C15H24N2O. The molecule has 3 nitrogen and oxygen atoms in total. The molecule has 100 valence electrons. The van der Waals surface area contributed by atoms with Gasteiger partial charge in [-0.1, -0.05) is 30.7 Å². The summed E-state index contributed by atoms with van der Waals surface area (Å²) in [6.45, 7) is 4.08. The van der Waals surface area contributed by atoms with E-state index >= 15 is 0 Å². The van der Waals surface area contributed by atoms with Crippen LogP contribution in [-0.2, 0) is 4.74 Å². The Labute approximate surface area is 110 Å². The van der Waals surface area contributed by atoms with Gasteiger partial charge in [-0.05, 0) is 43.7 Å². The summed E-state index contributed by atoms with van der Waals surface area (Å²) < 4.78 is 5.51. The minimum Gasteiger partial charge on any atom is -0.377 e. The Morgan fingerprint density at radius 1 is 1.28 bits per heavy atom. The van der Waals surface area contributed by atoms with Gasteiger partial charge in [-0.3, -0.25) is 11.3 Å². The summed E-state index contributed by atoms with van der Waals surface area (Å²) >= 11 is 0. The quantitative estimate of drug-likeness (QED) is 0.622. The summed E-state index contributed by atoms with van der Waals surface area (Å²) in [6.07, 6.45) is 4.04. The molecular weight excluding hydrogens is 224 g/mol. The number of nitrogens with two attached hydrogens (primary N) is 1. The van der Waals surface area contributed by atoms with Crippen LogP contribution in [-0.4, -0.2) is 12.7 Å². The lowest BCUT2D eigenvalue weighted by molar-refractivity contribution is -0.0111. The second-order valence-corrected chi connectivity index (χ2v) is 5.70. The number of rotatable bonds is 5. The third-order valence-electron chi connectivity index (χ3n) is 4.23. The highest BCUT2D eigenvalue weighted by Crippen LogP contribution is 2.37. The normalized spacial score (nSPS) is 18.4. The number of hydrazine groups is 1. The molecule has 0 heterocycles. The molecule has 0 aliphatic heterocycles. The van der Waals surface area contributed by atoms with E-state index in [9.17, 15) is 0 Å². The third kappa shape index (κ3) is 2.58. The van der Waals surface area contributed by atoms with Crippen molar-refractivity contribution in [2.75, 3.05) is 7.11 Å². The van der Waals surface area contributed by atoms with Crippen LogP contribution in [0.4, 0.5) is 0 Å². The fraction of sp³-hybridized carbons (Fsp3) is 0.600. The lowest BCUT2D eigenvalue weighted by atomic mass is 9.79. The Morgan fingerprint density at radius 3 is 2.28 bits per heavy atom. The highest BCUT2D eigenvalue weighted by Gasteiger charge is 2.30. The van der Waals surface area contributed by atoms with Crippen LogP contribution in [0.25, 0.3) is 0 Å². The minimum absolute atomic E-state index is 0.00191. The highest BCUT2D eigenvalue weighted by molar-refractivity contribution is 5.29. The van der Waals surface area contributed by atoms with Gasteiger partial charge in [0, 0.05) is 7.11 Å². The number of benzene rings is 1. The smallest absolute Gasteiger partial charge is 0.0829 e. The van der Waals surface area contributed by atoms with E-state index in [1.54, 1.807) is 7.11 Å². The fourth-order valence-corrected chi connectivity index (χ4v) is 2.52. The van der Waals surface area contributed by atoms with Crippen LogP contribution in [0.2, 0.25) is 0 Å². The first-order chi connectivity index (χ1) is 8.58. The summed E-state index contributed by atoms with van der Waals surface area (Å²) in [4.78, 5) is 0. The summed E-state index contributed by atoms with van der Waals surface area (Å²) in [5.41, 5.74) is 5.16. The lowest BCUT2D eigenvalue weighted by Crippen LogP contribution is -2.43. The second-order valence-electron chi connectivity index (χ2n) is 5.70. The van der Waals surface area contributed by atoms with Crippen LogP contribution < -0.4 is 11.3 Å². The number of hydrogen-bond donors (Lipinski definition) is 2. The molecule has 3 heteroatoms. The van der Waals surface area contributed by atoms with Crippen molar-refractivity contribution in [3.8, 4) is 0 Å². The molecule has 3 N–H and O–H groups in total. The van der Waals surface area contributed by atoms with Gasteiger partial charge in [0.1, 0.15) is 0 Å². The maximum atomic E-state index is 5.67. The summed E-state index contributed by atoms with van der Waals surface area (Å²) in [6, 6.07) is 8.79. The molecule has 18 heavy (non-hydrogen) atoms. The zero-order valence-electron chi connectivity index (χ0n) is 11.6. The van der Waals surface area contributed by atoms with E-state index < -0.39 is 0 Å². The van der Waals surface area contributed by atoms with E-state index in [-0.39, 0.29) is 11.6 Å². The summed E-state index contributed by atoms with van der Waals surface area (Å²) in [5, 5.41) is 0. The van der Waals surface area contributed by atoms with Crippen LogP contribution in [0.15, 0.2) is 24.3 Å². The molecule has 0 spiro atoms. The molecule has 1 aromatic rings. The maximum absolute atomic E-state index is 5.67. The molecule has 0 saturated heterocycles. The fourth-order valence-electron chi connectivity index (χ4n) is 2.52. The molecule has 1 aliphatic rings. The number of ether oxygens (including phenoxy) is 1. The van der Waals surface area contributed by atoms with Gasteiger partial charge in [0.2, 0.25) is 0 Å². The molecule has 0 aromatic heterocycles. The first-order valence-corrected chi connectivity index (χ1v) is 6.69. The highest BCUT2D eigenvalue weighted by atomic mass is 16.5. The van der Waals surface area contributed by atoms with Gasteiger partial charge in [-0.15, -0.1) is 0 Å². The van der Waals surface area contributed by atoms with Gasteiger partial charge in [0.05, 0.1) is 11.6 Å². The monoisotopic (exact) mass is 248 g/mol. The Morgan fingerprint density at radius 2 is 1.89 bits per heavy atom. The average Bonchev–Trinajstić information content (AvgIpc) is 2.30. The Kier molecular flexibility index (Phi) is 4.05. The lowest BCUT2D eigenvalue weighted by Gasteiger charge is -2.33. The van der Waals surface area contributed by atoms with Crippen LogP contribution in [0.5, 0.6) is 0 Å². The van der Waals surface area contributed by atoms with Gasteiger partial charge in [-0.25, -0.2) is 0 Å². The van der Waals surface area contributed by atoms with Crippen LogP contribution in [0.1, 0.15) is 56.2 Å². The van der Waals surface area contributed by atoms with Crippen molar-refractivity contribution >= 4 is 0 Å². The van der Waals surface area contributed by atoms with Crippen molar-refractivity contribution in [2.24, 2.45) is 5.84 Å². The van der Waals surface area contributed by atoms with Crippen molar-refractivity contribution in [1.82, 2.24) is 5.43 Å². The Bertz CT molecular complexity index is 382. The molecule has 2 rings (SSSR count). The first-order valence-electron chi connectivity index (χ1n) is 6.69. The van der Waals surface area contributed by atoms with Gasteiger partial charge < -0.3 is 4.74 Å². The molecule has 0 amide bonds. The van der Waals surface area contributed by atoms with Crippen LogP contribution >= 0.6 is 0 Å². The zero-order chi connectivity index (χ0) is 13.2. The number of hydrogen-bond acceptors (Lipinski definition) is 3. The molecule has 1 atom stereocenters. The first kappa shape index (κ1) is 13.5. The van der Waals surface area contributed by atoms with Crippen molar-refractivity contribution in [2.45, 2.75) is 50.7 Å². The van der Waals surface area contributed by atoms with E-state index in [1.807, 2.05) is 13.8 Å². The molecule has 1 fully saturated rings. The summed E-state index contributed by atoms with van der Waals surface area (Å²) in [5.74, 6) is 6.45. The molecule has 0 bridgehead atoms. The molecule has 1 aromatic carbocycles. The van der Waals surface area contributed by atoms with Crippen LogP contribution in [0.3, 0.4) is 0 Å². The third-order valence-corrected chi connectivity index (χ3v) is 4.23. The zero-order valence-corrected chi connectivity index (χ0v) is 11.6. The largest absolute Gasteiger partial charge is 0.377 e. The number of nitrogens with one attached hydrogen (secondary N) is 1. The molecule has 1 aliphatic carbocycles. The van der Waals surface area contributed by atoms with Gasteiger partial charge in [0.15, 0.2) is 0 Å². The van der Waals surface area contributed by atoms with Gasteiger partial charge in [0.25, 0.3) is 0 Å². The molecule has 0 radical (unpaired) electrons. The molecule has 1 unspecified atom stereocenters. The standard InChI is InChI=1S/C15H24N2O/c1-15(2,18-3)14(17-16)13-9-7-12(8-10-13)11-5-4-6-11/h7-11,14,17H,4-6,16H2,1-3H3. The van der Waals surface area contributed by atoms with Gasteiger partial charge in [-0.2, -0.15) is 0 Å². The maximum Gasteiger partial charge on any atom is 0.0829 e. The van der Waals surface area contributed by atoms with E-state index in [4.69, 9.17) is 10.6 Å². The predicted octanol–water partition coefficient (Wildman–Crippen LogP) is 2.88. The van der Waals surface area contributed by atoms with Crippen molar-refractivity contribution in [3.63, 3.8) is 0 Å². The summed E-state index contributed by atoms with van der Waals surface area (Å²) in [7, 11) is 1.72. The topological polar surface area (TPSA) is 47.3 Å². The Balaban J connectivity index is 2.16. The second kappa shape index (κ2) is 5.39. The predicted molar refractivity (Wildman–Crippen MR) is 74.2 cm³/mol. The minimum atomic E-state index is -0.327. The molecule has 1 saturated carbocycles. The van der Waals surface area contributed by atoms with Gasteiger partial charge >= 0.3 is 0 Å². The number of methoxy groups -OCH3 is 1. The van der Waals surface area contributed by atoms with Crippen LogP contribution in [0, 0.1) is 0 Å². The van der Waals surface area contributed by atoms with Crippen molar-refractivity contribution < 1.29 is 4.74 Å². The van der Waals surface area contributed by atoms with E-state index in [0.29, 0.717) is 0 Å². The average molecular weight is 248 g/mol. The van der Waals surface area contributed by atoms with Crippen molar-refractivity contribution in [1.29, 1.82) is 0 Å². The van der Waals surface area contributed by atoms with E-state index in [0.717, 1.165) is 5.92 Å².